The molecule has 1 aromatic carbocycles. The Kier molecular flexibility index (Phi) is 6.58. The van der Waals surface area contributed by atoms with Gasteiger partial charge in [0.25, 0.3) is 0 Å². The summed E-state index contributed by atoms with van der Waals surface area (Å²) < 4.78 is 0. The molecule has 0 bridgehead atoms. The number of amides is 2. The zero-order valence-electron chi connectivity index (χ0n) is 17.6. The third-order valence-electron chi connectivity index (χ3n) is 5.48. The largest absolute Gasteiger partial charge is 0.394 e. The van der Waals surface area contributed by atoms with Gasteiger partial charge in [0, 0.05) is 18.0 Å². The fraction of sp³-hybridized carbons (Fsp3) is 0.545. The predicted molar refractivity (Wildman–Crippen MR) is 111 cm³/mol. The molecule has 7 heteroatoms. The third kappa shape index (κ3) is 4.61. The molecule has 3 atom stereocenters. The molecule has 2 fully saturated rings. The van der Waals surface area contributed by atoms with E-state index in [1.807, 2.05) is 62.3 Å². The van der Waals surface area contributed by atoms with Gasteiger partial charge in [0.15, 0.2) is 0 Å². The number of fused-ring (bicyclic) bond motifs is 1. The Morgan fingerprint density at radius 1 is 1.17 bits per heavy atom. The first-order valence-corrected chi connectivity index (χ1v) is 9.90. The van der Waals surface area contributed by atoms with Crippen molar-refractivity contribution in [2.24, 2.45) is 0 Å². The van der Waals surface area contributed by atoms with Gasteiger partial charge >= 0.3 is 0 Å². The van der Waals surface area contributed by atoms with Crippen LogP contribution in [0, 0.1) is 11.8 Å². The van der Waals surface area contributed by atoms with Gasteiger partial charge in [-0.05, 0) is 45.9 Å². The van der Waals surface area contributed by atoms with Crippen LogP contribution >= 0.6 is 0 Å². The van der Waals surface area contributed by atoms with E-state index < -0.39 is 0 Å². The van der Waals surface area contributed by atoms with Crippen LogP contribution in [0.25, 0.3) is 0 Å². The number of piperazine rings is 1. The quantitative estimate of drug-likeness (QED) is 0.688. The van der Waals surface area contributed by atoms with E-state index >= 15 is 0 Å². The highest BCUT2D eigenvalue weighted by atomic mass is 16.3. The molecule has 2 aliphatic rings. The minimum Gasteiger partial charge on any atom is -0.394 e. The number of hydrogen-bond donors (Lipinski definition) is 1. The zero-order valence-corrected chi connectivity index (χ0v) is 17.6. The number of carbonyl (C=O) groups excluding carboxylic acids is 2. The number of rotatable bonds is 5. The molecule has 3 rings (SSSR count). The normalized spacial score (nSPS) is 23.6. The van der Waals surface area contributed by atoms with Gasteiger partial charge in [-0.1, -0.05) is 24.0 Å². The number of aliphatic hydroxyl groups is 1. The Labute approximate surface area is 172 Å². The van der Waals surface area contributed by atoms with Crippen molar-refractivity contribution in [3.63, 3.8) is 0 Å². The van der Waals surface area contributed by atoms with Crippen LogP contribution in [-0.4, -0.2) is 110 Å². The number of hydrogen-bond acceptors (Lipinski definition) is 5. The van der Waals surface area contributed by atoms with Crippen molar-refractivity contribution < 1.29 is 14.7 Å². The second-order valence-electron chi connectivity index (χ2n) is 8.32. The van der Waals surface area contributed by atoms with E-state index in [1.54, 1.807) is 9.80 Å². The Morgan fingerprint density at radius 3 is 2.45 bits per heavy atom. The Morgan fingerprint density at radius 2 is 1.86 bits per heavy atom. The van der Waals surface area contributed by atoms with Crippen molar-refractivity contribution >= 4 is 11.8 Å². The molecular weight excluding hydrogens is 368 g/mol. The molecule has 2 aliphatic heterocycles. The molecular formula is C22H30N4O3. The van der Waals surface area contributed by atoms with Crippen molar-refractivity contribution in [1.82, 2.24) is 19.6 Å². The highest BCUT2D eigenvalue weighted by molar-refractivity contribution is 5.88. The molecule has 0 aromatic heterocycles. The first-order valence-electron chi connectivity index (χ1n) is 9.90. The van der Waals surface area contributed by atoms with Crippen LogP contribution in [0.4, 0.5) is 0 Å². The highest BCUT2D eigenvalue weighted by Crippen LogP contribution is 2.42. The molecule has 0 radical (unpaired) electrons. The summed E-state index contributed by atoms with van der Waals surface area (Å²) in [6.45, 7) is 1.50. The maximum atomic E-state index is 12.6. The van der Waals surface area contributed by atoms with Crippen LogP contribution in [0.2, 0.25) is 0 Å². The summed E-state index contributed by atoms with van der Waals surface area (Å²) in [5.41, 5.74) is 2.01. The monoisotopic (exact) mass is 398 g/mol. The van der Waals surface area contributed by atoms with Gasteiger partial charge in [-0.25, -0.2) is 0 Å². The van der Waals surface area contributed by atoms with Crippen LogP contribution in [0.15, 0.2) is 24.3 Å². The maximum Gasteiger partial charge on any atom is 0.242 e. The molecule has 1 aromatic rings. The number of carbonyl (C=O) groups is 2. The van der Waals surface area contributed by atoms with Crippen LogP contribution < -0.4 is 0 Å². The Balaban J connectivity index is 1.75. The average Bonchev–Trinajstić information content (AvgIpc) is 2.63. The van der Waals surface area contributed by atoms with E-state index in [0.717, 1.165) is 11.1 Å². The summed E-state index contributed by atoms with van der Waals surface area (Å²) in [6.07, 6.45) is 0. The number of likely N-dealkylation sites (N-methyl/N-ethyl adjacent to an activating group) is 1. The van der Waals surface area contributed by atoms with Gasteiger partial charge in [-0.15, -0.1) is 0 Å². The summed E-state index contributed by atoms with van der Waals surface area (Å²) in [5, 5.41) is 9.88. The van der Waals surface area contributed by atoms with Crippen molar-refractivity contribution in [2.45, 2.75) is 18.0 Å². The molecule has 2 saturated heterocycles. The SMILES string of the molecule is CN(C)CC#Cc1ccc([C@@H]2[C@@H](CO)N3C(=O)CN(C(=O)CN(C)C)C[C@H]23)cc1. The number of aliphatic hydroxyl groups excluding tert-OH is 1. The first-order chi connectivity index (χ1) is 13.8. The summed E-state index contributed by atoms with van der Waals surface area (Å²) in [4.78, 5) is 32.3. The standard InChI is InChI=1S/C22H30N4O3/c1-23(2)11-5-6-16-7-9-17(10-8-16)22-18-12-25(20(28)13-24(3)4)14-21(29)26(18)19(22)15-27/h7-10,18-19,22,27H,11-15H2,1-4H3/t18-,19-,22+/m1/s1. The zero-order chi connectivity index (χ0) is 21.1. The van der Waals surface area contributed by atoms with Gasteiger partial charge in [-0.2, -0.15) is 0 Å². The minimum absolute atomic E-state index is 0.0164. The minimum atomic E-state index is -0.232. The molecule has 29 heavy (non-hydrogen) atoms. The number of nitrogens with zero attached hydrogens (tertiary/aromatic N) is 4. The molecule has 2 amide bonds. The highest BCUT2D eigenvalue weighted by Gasteiger charge is 2.54. The lowest BCUT2D eigenvalue weighted by Crippen LogP contribution is -2.73. The Hall–Kier alpha value is -2.40. The summed E-state index contributed by atoms with van der Waals surface area (Å²) >= 11 is 0. The molecule has 7 nitrogen and oxygen atoms in total. The van der Waals surface area contributed by atoms with E-state index in [1.165, 1.54) is 0 Å². The van der Waals surface area contributed by atoms with Gasteiger partial charge in [-0.3, -0.25) is 14.5 Å². The average molecular weight is 399 g/mol. The summed E-state index contributed by atoms with van der Waals surface area (Å²) in [7, 11) is 7.64. The molecule has 156 valence electrons. The molecule has 0 unspecified atom stereocenters. The molecule has 0 spiro atoms. The molecule has 2 heterocycles. The van der Waals surface area contributed by atoms with Crippen LogP contribution in [-0.2, 0) is 9.59 Å². The lowest BCUT2D eigenvalue weighted by Gasteiger charge is -2.58. The first kappa shape index (κ1) is 21.3. The van der Waals surface area contributed by atoms with E-state index in [0.29, 0.717) is 13.1 Å². The molecule has 1 N–H and O–H groups in total. The molecule has 0 aliphatic carbocycles. The van der Waals surface area contributed by atoms with Gasteiger partial charge in [0.2, 0.25) is 11.8 Å². The summed E-state index contributed by atoms with van der Waals surface area (Å²) in [5.74, 6) is 6.15. The second kappa shape index (κ2) is 8.95. The fourth-order valence-corrected chi connectivity index (χ4v) is 4.15. The van der Waals surface area contributed by atoms with E-state index in [9.17, 15) is 14.7 Å². The topological polar surface area (TPSA) is 67.3 Å². The van der Waals surface area contributed by atoms with Crippen LogP contribution in [0.3, 0.4) is 0 Å². The predicted octanol–water partition coefficient (Wildman–Crippen LogP) is -0.341. The lowest BCUT2D eigenvalue weighted by molar-refractivity contribution is -0.167. The van der Waals surface area contributed by atoms with E-state index in [4.69, 9.17) is 0 Å². The van der Waals surface area contributed by atoms with Crippen LogP contribution in [0.5, 0.6) is 0 Å². The second-order valence-corrected chi connectivity index (χ2v) is 8.32. The van der Waals surface area contributed by atoms with Crippen molar-refractivity contribution in [2.75, 3.05) is 61.0 Å². The summed E-state index contributed by atoms with van der Waals surface area (Å²) in [6, 6.07) is 7.68. The van der Waals surface area contributed by atoms with Gasteiger partial charge in [0.05, 0.1) is 38.3 Å². The molecule has 0 saturated carbocycles. The van der Waals surface area contributed by atoms with Crippen molar-refractivity contribution in [3.8, 4) is 11.8 Å². The van der Waals surface area contributed by atoms with Crippen molar-refractivity contribution in [1.29, 1.82) is 0 Å². The van der Waals surface area contributed by atoms with Crippen molar-refractivity contribution in [3.05, 3.63) is 35.4 Å². The Bertz CT molecular complexity index is 810. The third-order valence-corrected chi connectivity index (χ3v) is 5.48. The lowest BCUT2D eigenvalue weighted by atomic mass is 9.73. The van der Waals surface area contributed by atoms with E-state index in [2.05, 4.69) is 11.8 Å². The van der Waals surface area contributed by atoms with Gasteiger partial charge < -0.3 is 19.8 Å². The smallest absolute Gasteiger partial charge is 0.242 e. The fourth-order valence-electron chi connectivity index (χ4n) is 4.15. The maximum absolute atomic E-state index is 12.6. The van der Waals surface area contributed by atoms with E-state index in [-0.39, 0.29) is 49.5 Å². The van der Waals surface area contributed by atoms with Crippen LogP contribution in [0.1, 0.15) is 17.0 Å². The van der Waals surface area contributed by atoms with Gasteiger partial charge in [0.1, 0.15) is 0 Å². The number of benzene rings is 1.